The first kappa shape index (κ1) is 25.2. The van der Waals surface area contributed by atoms with E-state index < -0.39 is 19.2 Å². The molecule has 0 fully saturated rings. The van der Waals surface area contributed by atoms with E-state index in [1.165, 1.54) is 13.3 Å². The van der Waals surface area contributed by atoms with Crippen molar-refractivity contribution >= 4 is 29.2 Å². The molecule has 0 spiro atoms. The first-order chi connectivity index (χ1) is 17.1. The molecule has 1 aliphatic rings. The topological polar surface area (TPSA) is 92.3 Å². The molecule has 2 aromatic carbocycles. The summed E-state index contributed by atoms with van der Waals surface area (Å²) in [6, 6.07) is 9.17. The van der Waals surface area contributed by atoms with Crippen molar-refractivity contribution in [2.75, 3.05) is 28.7 Å². The van der Waals surface area contributed by atoms with Gasteiger partial charge in [-0.25, -0.2) is 9.97 Å². The van der Waals surface area contributed by atoms with Gasteiger partial charge in [-0.2, -0.15) is 18.2 Å². The first-order valence-corrected chi connectivity index (χ1v) is 11.5. The monoisotopic (exact) mass is 500 g/mol. The normalized spacial score (nSPS) is 13.2. The fraction of sp³-hybridized carbons (Fsp3) is 0.360. The Bertz CT molecular complexity index is 1270. The summed E-state index contributed by atoms with van der Waals surface area (Å²) in [5, 5.41) is 6.07. The second-order valence-corrected chi connectivity index (χ2v) is 8.66. The summed E-state index contributed by atoms with van der Waals surface area (Å²) in [6.45, 7) is 6.09. The molecule has 3 aromatic rings. The summed E-state index contributed by atoms with van der Waals surface area (Å²) in [4.78, 5) is 26.7. The Morgan fingerprint density at radius 2 is 1.94 bits per heavy atom. The minimum absolute atomic E-state index is 0.147. The van der Waals surface area contributed by atoms with Gasteiger partial charge in [0.25, 0.3) is 0 Å². The molecule has 190 valence electrons. The van der Waals surface area contributed by atoms with Crippen LogP contribution >= 0.6 is 0 Å². The number of amides is 1. The van der Waals surface area contributed by atoms with Crippen molar-refractivity contribution in [2.45, 2.75) is 46.3 Å². The second-order valence-electron chi connectivity index (χ2n) is 8.66. The summed E-state index contributed by atoms with van der Waals surface area (Å²) in [5.41, 5.74) is 5.40. The lowest BCUT2D eigenvalue weighted by Crippen LogP contribution is -2.32. The molecule has 0 atom stereocenters. The van der Waals surface area contributed by atoms with Crippen LogP contribution in [0.5, 0.6) is 5.75 Å². The van der Waals surface area contributed by atoms with Crippen LogP contribution in [-0.4, -0.2) is 40.2 Å². The van der Waals surface area contributed by atoms with Crippen molar-refractivity contribution in [1.82, 2.24) is 15.0 Å². The smallest absolute Gasteiger partial charge is 0.392 e. The van der Waals surface area contributed by atoms with Gasteiger partial charge in [0.2, 0.25) is 17.8 Å². The number of ether oxygens (including phenoxy) is 1. The number of benzene rings is 2. The number of carbonyl (C=O) groups is 1. The Balaban J connectivity index is 1.45. The fourth-order valence-corrected chi connectivity index (χ4v) is 4.05. The van der Waals surface area contributed by atoms with Gasteiger partial charge < -0.3 is 20.3 Å². The Hall–Kier alpha value is -3.89. The van der Waals surface area contributed by atoms with Gasteiger partial charge in [0.1, 0.15) is 12.1 Å². The molecule has 0 bridgehead atoms. The van der Waals surface area contributed by atoms with E-state index in [0.29, 0.717) is 37.2 Å². The van der Waals surface area contributed by atoms with Crippen molar-refractivity contribution in [2.24, 2.45) is 0 Å². The van der Waals surface area contributed by atoms with Gasteiger partial charge in [-0.1, -0.05) is 12.1 Å². The van der Waals surface area contributed by atoms with Crippen LogP contribution in [0.4, 0.5) is 36.4 Å². The van der Waals surface area contributed by atoms with Crippen LogP contribution in [0.1, 0.15) is 35.6 Å². The summed E-state index contributed by atoms with van der Waals surface area (Å²) >= 11 is 0. The molecule has 8 nitrogen and oxygen atoms in total. The number of rotatable bonds is 7. The van der Waals surface area contributed by atoms with Crippen LogP contribution < -0.4 is 20.3 Å². The Kier molecular flexibility index (Phi) is 7.27. The van der Waals surface area contributed by atoms with Gasteiger partial charge in [-0.15, -0.1) is 0 Å². The molecule has 4 rings (SSSR count). The number of nitrogens with one attached hydrogen (secondary N) is 2. The van der Waals surface area contributed by atoms with E-state index in [0.717, 1.165) is 33.6 Å². The van der Waals surface area contributed by atoms with Crippen LogP contribution in [0.25, 0.3) is 0 Å². The predicted molar refractivity (Wildman–Crippen MR) is 131 cm³/mol. The van der Waals surface area contributed by atoms with Crippen LogP contribution in [0.15, 0.2) is 36.7 Å². The number of alkyl halides is 3. The standard InChI is InChI=1S/C25H27F3N6O2/c1-15-4-7-21(16(2)22(15)31-17(3)35)32-23-29-14-30-24(33-23)34-10-8-18-12-20(6-5-19(18)13-34)36-11-9-25(26,27)28/h4-7,12,14H,8-11,13H2,1-3H3,(H,31,35)(H,29,30,32,33). The third kappa shape index (κ3) is 6.21. The summed E-state index contributed by atoms with van der Waals surface area (Å²) in [7, 11) is 0. The van der Waals surface area contributed by atoms with Gasteiger partial charge >= 0.3 is 6.18 Å². The minimum Gasteiger partial charge on any atom is -0.493 e. The fourth-order valence-electron chi connectivity index (χ4n) is 4.05. The molecule has 11 heteroatoms. The Morgan fingerprint density at radius 1 is 1.14 bits per heavy atom. The number of hydrogen-bond donors (Lipinski definition) is 2. The van der Waals surface area contributed by atoms with E-state index in [1.807, 2.05) is 36.9 Å². The highest BCUT2D eigenvalue weighted by Gasteiger charge is 2.27. The third-order valence-electron chi connectivity index (χ3n) is 5.91. The SMILES string of the molecule is CC(=O)Nc1c(C)ccc(Nc2ncnc(N3CCc4cc(OCCC(F)(F)F)ccc4C3)n2)c1C. The largest absolute Gasteiger partial charge is 0.493 e. The van der Waals surface area contributed by atoms with Crippen molar-refractivity contribution < 1.29 is 22.7 Å². The zero-order chi connectivity index (χ0) is 25.9. The highest BCUT2D eigenvalue weighted by Crippen LogP contribution is 2.30. The van der Waals surface area contributed by atoms with Crippen LogP contribution in [-0.2, 0) is 17.8 Å². The quantitative estimate of drug-likeness (QED) is 0.467. The van der Waals surface area contributed by atoms with Gasteiger partial charge in [0, 0.05) is 31.4 Å². The van der Waals surface area contributed by atoms with Gasteiger partial charge in [0.15, 0.2) is 0 Å². The van der Waals surface area contributed by atoms with Gasteiger partial charge in [-0.3, -0.25) is 4.79 Å². The highest BCUT2D eigenvalue weighted by atomic mass is 19.4. The number of nitrogens with zero attached hydrogens (tertiary/aromatic N) is 4. The van der Waals surface area contributed by atoms with Gasteiger partial charge in [0.05, 0.1) is 13.0 Å². The maximum atomic E-state index is 12.4. The highest BCUT2D eigenvalue weighted by molar-refractivity contribution is 5.92. The number of anilines is 4. The van der Waals surface area contributed by atoms with Crippen molar-refractivity contribution in [1.29, 1.82) is 0 Å². The molecule has 2 N–H and O–H groups in total. The summed E-state index contributed by atoms with van der Waals surface area (Å²) in [6.07, 6.45) is -3.10. The first-order valence-electron chi connectivity index (χ1n) is 11.5. The lowest BCUT2D eigenvalue weighted by Gasteiger charge is -2.29. The molecular weight excluding hydrogens is 473 g/mol. The number of aryl methyl sites for hydroxylation is 1. The summed E-state index contributed by atoms with van der Waals surface area (Å²) < 4.78 is 42.4. The van der Waals surface area contributed by atoms with Crippen LogP contribution in [0.2, 0.25) is 0 Å². The Morgan fingerprint density at radius 3 is 2.69 bits per heavy atom. The maximum absolute atomic E-state index is 12.4. The van der Waals surface area contributed by atoms with E-state index in [1.54, 1.807) is 12.1 Å². The molecule has 1 aliphatic heterocycles. The van der Waals surface area contributed by atoms with Crippen molar-refractivity contribution in [3.63, 3.8) is 0 Å². The zero-order valence-corrected chi connectivity index (χ0v) is 20.2. The lowest BCUT2D eigenvalue weighted by molar-refractivity contribution is -0.139. The molecule has 1 aromatic heterocycles. The zero-order valence-electron chi connectivity index (χ0n) is 20.2. The Labute approximate surface area is 206 Å². The van der Waals surface area contributed by atoms with Gasteiger partial charge in [-0.05, 0) is 60.7 Å². The average Bonchev–Trinajstić information content (AvgIpc) is 2.82. The molecule has 0 aliphatic carbocycles. The van der Waals surface area contributed by atoms with E-state index >= 15 is 0 Å². The molecule has 0 radical (unpaired) electrons. The summed E-state index contributed by atoms with van der Waals surface area (Å²) in [5.74, 6) is 1.17. The average molecular weight is 501 g/mol. The van der Waals surface area contributed by atoms with E-state index in [-0.39, 0.29) is 5.91 Å². The third-order valence-corrected chi connectivity index (χ3v) is 5.91. The molecule has 36 heavy (non-hydrogen) atoms. The van der Waals surface area contributed by atoms with E-state index in [4.69, 9.17) is 4.74 Å². The van der Waals surface area contributed by atoms with Crippen molar-refractivity contribution in [3.05, 3.63) is 58.9 Å². The maximum Gasteiger partial charge on any atom is 0.392 e. The molecule has 1 amide bonds. The molecule has 0 saturated carbocycles. The molecule has 0 unspecified atom stereocenters. The van der Waals surface area contributed by atoms with Crippen LogP contribution in [0, 0.1) is 13.8 Å². The molecular formula is C25H27F3N6O2. The number of hydrogen-bond acceptors (Lipinski definition) is 7. The number of halogens is 3. The number of carbonyl (C=O) groups excluding carboxylic acids is 1. The molecule has 2 heterocycles. The minimum atomic E-state index is -4.24. The number of aromatic nitrogens is 3. The van der Waals surface area contributed by atoms with E-state index in [2.05, 4.69) is 25.6 Å². The van der Waals surface area contributed by atoms with Crippen LogP contribution in [0.3, 0.4) is 0 Å². The molecule has 0 saturated heterocycles. The number of fused-ring (bicyclic) bond motifs is 1. The van der Waals surface area contributed by atoms with E-state index in [9.17, 15) is 18.0 Å². The van der Waals surface area contributed by atoms with Crippen molar-refractivity contribution in [3.8, 4) is 5.75 Å². The second kappa shape index (κ2) is 10.4. The predicted octanol–water partition coefficient (Wildman–Crippen LogP) is 5.08. The lowest BCUT2D eigenvalue weighted by atomic mass is 10.00.